The molecule has 2 heterocycles. The van der Waals surface area contributed by atoms with Crippen molar-refractivity contribution in [1.29, 1.82) is 0 Å². The highest BCUT2D eigenvalue weighted by molar-refractivity contribution is 6.09. The lowest BCUT2D eigenvalue weighted by Gasteiger charge is -2.23. The van der Waals surface area contributed by atoms with Gasteiger partial charge in [0.15, 0.2) is 5.78 Å². The predicted molar refractivity (Wildman–Crippen MR) is 68.7 cm³/mol. The number of ketones is 1. The summed E-state index contributed by atoms with van der Waals surface area (Å²) in [5, 5.41) is 4.09. The van der Waals surface area contributed by atoms with Gasteiger partial charge in [-0.25, -0.2) is 0 Å². The van der Waals surface area contributed by atoms with Crippen molar-refractivity contribution in [2.75, 3.05) is 19.8 Å². The third-order valence-corrected chi connectivity index (χ3v) is 3.15. The van der Waals surface area contributed by atoms with E-state index in [0.717, 1.165) is 17.4 Å². The van der Waals surface area contributed by atoms with Crippen molar-refractivity contribution in [3.8, 4) is 0 Å². The van der Waals surface area contributed by atoms with Crippen LogP contribution in [0.2, 0.25) is 0 Å². The van der Waals surface area contributed by atoms with Crippen LogP contribution in [0.25, 0.3) is 10.9 Å². The fourth-order valence-corrected chi connectivity index (χ4v) is 2.24. The van der Waals surface area contributed by atoms with Crippen LogP contribution in [0.4, 0.5) is 0 Å². The number of benzene rings is 1. The third-order valence-electron chi connectivity index (χ3n) is 3.15. The molecule has 1 saturated heterocycles. The van der Waals surface area contributed by atoms with Crippen LogP contribution in [0.1, 0.15) is 10.4 Å². The molecule has 1 aliphatic rings. The number of pyridine rings is 1. The molecule has 1 unspecified atom stereocenters. The molecule has 0 spiro atoms. The van der Waals surface area contributed by atoms with Crippen molar-refractivity contribution in [3.05, 3.63) is 42.1 Å². The summed E-state index contributed by atoms with van der Waals surface area (Å²) in [4.78, 5) is 16.7. The molecule has 4 heteroatoms. The van der Waals surface area contributed by atoms with Crippen molar-refractivity contribution >= 4 is 16.7 Å². The maximum Gasteiger partial charge on any atom is 0.182 e. The molecule has 0 saturated carbocycles. The monoisotopic (exact) mass is 242 g/mol. The Bertz CT molecular complexity index is 572. The van der Waals surface area contributed by atoms with E-state index in [-0.39, 0.29) is 11.8 Å². The summed E-state index contributed by atoms with van der Waals surface area (Å²) in [6.07, 6.45) is 1.73. The fraction of sp³-hybridized carbons (Fsp3) is 0.286. The molecule has 1 aliphatic heterocycles. The van der Waals surface area contributed by atoms with Gasteiger partial charge in [-0.05, 0) is 12.1 Å². The number of ether oxygens (including phenoxy) is 1. The predicted octanol–water partition coefficient (Wildman–Crippen LogP) is 1.41. The second-order valence-electron chi connectivity index (χ2n) is 4.32. The van der Waals surface area contributed by atoms with Crippen molar-refractivity contribution < 1.29 is 9.53 Å². The quantitative estimate of drug-likeness (QED) is 0.809. The Kier molecular flexibility index (Phi) is 3.04. The van der Waals surface area contributed by atoms with Gasteiger partial charge in [-0.1, -0.05) is 18.2 Å². The normalized spacial score (nSPS) is 19.9. The van der Waals surface area contributed by atoms with E-state index in [1.165, 1.54) is 0 Å². The zero-order valence-electron chi connectivity index (χ0n) is 9.93. The van der Waals surface area contributed by atoms with Crippen LogP contribution >= 0.6 is 0 Å². The summed E-state index contributed by atoms with van der Waals surface area (Å²) in [6, 6.07) is 9.17. The Morgan fingerprint density at radius 2 is 2.28 bits per heavy atom. The standard InChI is InChI=1S/C14H14N2O2/c17-14(13-9-18-8-7-16-13)11-3-1-5-12-10(11)4-2-6-15-12/h1-6,13,16H,7-9H2. The molecular weight excluding hydrogens is 228 g/mol. The van der Waals surface area contributed by atoms with Gasteiger partial charge >= 0.3 is 0 Å². The van der Waals surface area contributed by atoms with E-state index in [4.69, 9.17) is 4.74 Å². The van der Waals surface area contributed by atoms with Crippen LogP contribution in [0, 0.1) is 0 Å². The van der Waals surface area contributed by atoms with Gasteiger partial charge < -0.3 is 10.1 Å². The van der Waals surface area contributed by atoms with Gasteiger partial charge in [0.1, 0.15) is 0 Å². The van der Waals surface area contributed by atoms with Crippen LogP contribution in [0.15, 0.2) is 36.5 Å². The highest BCUT2D eigenvalue weighted by Crippen LogP contribution is 2.18. The van der Waals surface area contributed by atoms with Gasteiger partial charge in [0.2, 0.25) is 0 Å². The van der Waals surface area contributed by atoms with E-state index in [1.807, 2.05) is 30.3 Å². The van der Waals surface area contributed by atoms with Crippen molar-refractivity contribution in [2.45, 2.75) is 6.04 Å². The number of nitrogens with one attached hydrogen (secondary N) is 1. The lowest BCUT2D eigenvalue weighted by atomic mass is 9.99. The number of fused-ring (bicyclic) bond motifs is 1. The number of aromatic nitrogens is 1. The highest BCUT2D eigenvalue weighted by Gasteiger charge is 2.23. The van der Waals surface area contributed by atoms with Crippen LogP contribution in [0.3, 0.4) is 0 Å². The highest BCUT2D eigenvalue weighted by atomic mass is 16.5. The molecule has 18 heavy (non-hydrogen) atoms. The minimum Gasteiger partial charge on any atom is -0.378 e. The molecule has 1 aromatic heterocycles. The first-order chi connectivity index (χ1) is 8.86. The van der Waals surface area contributed by atoms with Crippen molar-refractivity contribution in [3.63, 3.8) is 0 Å². The Morgan fingerprint density at radius 1 is 1.33 bits per heavy atom. The van der Waals surface area contributed by atoms with Gasteiger partial charge in [-0.3, -0.25) is 9.78 Å². The maximum atomic E-state index is 12.4. The van der Waals surface area contributed by atoms with Crippen LogP contribution < -0.4 is 5.32 Å². The summed E-state index contributed by atoms with van der Waals surface area (Å²) < 4.78 is 5.34. The Balaban J connectivity index is 2.00. The average Bonchev–Trinajstić information content (AvgIpc) is 2.47. The second kappa shape index (κ2) is 4.84. The number of Topliss-reactive ketones (excluding diaryl/α,β-unsaturated/α-hetero) is 1. The molecule has 1 N–H and O–H groups in total. The number of morpholine rings is 1. The first-order valence-electron chi connectivity index (χ1n) is 6.05. The van der Waals surface area contributed by atoms with E-state index in [9.17, 15) is 4.79 Å². The number of carbonyl (C=O) groups is 1. The fourth-order valence-electron chi connectivity index (χ4n) is 2.24. The molecule has 4 nitrogen and oxygen atoms in total. The van der Waals surface area contributed by atoms with E-state index in [2.05, 4.69) is 10.3 Å². The summed E-state index contributed by atoms with van der Waals surface area (Å²) in [5.41, 5.74) is 1.56. The van der Waals surface area contributed by atoms with Crippen molar-refractivity contribution in [1.82, 2.24) is 10.3 Å². The molecule has 3 rings (SSSR count). The van der Waals surface area contributed by atoms with E-state index in [0.29, 0.717) is 18.8 Å². The molecule has 0 aliphatic carbocycles. The zero-order valence-corrected chi connectivity index (χ0v) is 9.93. The molecule has 2 aromatic rings. The molecule has 1 atom stereocenters. The van der Waals surface area contributed by atoms with E-state index < -0.39 is 0 Å². The molecule has 0 amide bonds. The van der Waals surface area contributed by atoms with Gasteiger partial charge in [0, 0.05) is 23.7 Å². The smallest absolute Gasteiger partial charge is 0.182 e. The van der Waals surface area contributed by atoms with Gasteiger partial charge in [0.25, 0.3) is 0 Å². The molecule has 92 valence electrons. The molecule has 0 radical (unpaired) electrons. The van der Waals surface area contributed by atoms with Gasteiger partial charge in [0.05, 0.1) is 24.8 Å². The molecule has 1 aromatic carbocycles. The number of hydrogen-bond acceptors (Lipinski definition) is 4. The summed E-state index contributed by atoms with van der Waals surface area (Å²) >= 11 is 0. The number of hydrogen-bond donors (Lipinski definition) is 1. The second-order valence-corrected chi connectivity index (χ2v) is 4.32. The van der Waals surface area contributed by atoms with Crippen LogP contribution in [0.5, 0.6) is 0 Å². The van der Waals surface area contributed by atoms with Crippen LogP contribution in [-0.2, 0) is 4.74 Å². The first kappa shape index (κ1) is 11.3. The van der Waals surface area contributed by atoms with Crippen LogP contribution in [-0.4, -0.2) is 36.6 Å². The Labute approximate surface area is 105 Å². The SMILES string of the molecule is O=C(c1cccc2ncccc12)C1COCCN1. The number of rotatable bonds is 2. The van der Waals surface area contributed by atoms with E-state index >= 15 is 0 Å². The van der Waals surface area contributed by atoms with Gasteiger partial charge in [-0.2, -0.15) is 0 Å². The summed E-state index contributed by atoms with van der Waals surface area (Å²) in [5.74, 6) is 0.0771. The van der Waals surface area contributed by atoms with E-state index in [1.54, 1.807) is 6.20 Å². The largest absolute Gasteiger partial charge is 0.378 e. The molecule has 1 fully saturated rings. The minimum atomic E-state index is -0.246. The lowest BCUT2D eigenvalue weighted by Crippen LogP contribution is -2.46. The zero-order chi connectivity index (χ0) is 12.4. The Hall–Kier alpha value is -1.78. The third kappa shape index (κ3) is 2.00. The molecular formula is C14H14N2O2. The average molecular weight is 242 g/mol. The molecule has 0 bridgehead atoms. The topological polar surface area (TPSA) is 51.2 Å². The van der Waals surface area contributed by atoms with Crippen molar-refractivity contribution in [2.24, 2.45) is 0 Å². The van der Waals surface area contributed by atoms with Gasteiger partial charge in [-0.15, -0.1) is 0 Å². The summed E-state index contributed by atoms with van der Waals surface area (Å²) in [6.45, 7) is 1.83. The number of nitrogens with zero attached hydrogens (tertiary/aromatic N) is 1. The maximum absolute atomic E-state index is 12.4. The number of carbonyl (C=O) groups excluding carboxylic acids is 1. The first-order valence-corrected chi connectivity index (χ1v) is 6.05. The minimum absolute atomic E-state index is 0.0771. The Morgan fingerprint density at radius 3 is 3.11 bits per heavy atom. The lowest BCUT2D eigenvalue weighted by molar-refractivity contribution is 0.0609. The summed E-state index contributed by atoms with van der Waals surface area (Å²) in [7, 11) is 0.